The van der Waals surface area contributed by atoms with Gasteiger partial charge in [0.05, 0.1) is 6.61 Å². The van der Waals surface area contributed by atoms with Crippen molar-refractivity contribution in [2.45, 2.75) is 6.61 Å². The zero-order valence-electron chi connectivity index (χ0n) is 8.62. The van der Waals surface area contributed by atoms with Crippen LogP contribution in [0.1, 0.15) is 5.56 Å². The summed E-state index contributed by atoms with van der Waals surface area (Å²) in [6, 6.07) is 5.26. The first kappa shape index (κ1) is 12.0. The molecule has 17 heavy (non-hydrogen) atoms. The number of aliphatic hydroxyl groups excluding tert-OH is 1. The maximum absolute atomic E-state index is 13.6. The zero-order valence-corrected chi connectivity index (χ0v) is 9.38. The average molecular weight is 256 g/mol. The fraction of sp³-hybridized carbons (Fsp3) is 0.0833. The van der Waals surface area contributed by atoms with Gasteiger partial charge in [-0.1, -0.05) is 23.7 Å². The molecule has 1 aromatic heterocycles. The fourth-order valence-corrected chi connectivity index (χ4v) is 1.73. The molecule has 0 saturated carbocycles. The van der Waals surface area contributed by atoms with Gasteiger partial charge in [-0.2, -0.15) is 0 Å². The van der Waals surface area contributed by atoms with Gasteiger partial charge in [-0.3, -0.25) is 0 Å². The molecule has 0 saturated heterocycles. The van der Waals surface area contributed by atoms with Gasteiger partial charge in [-0.05, 0) is 17.7 Å². The summed E-state index contributed by atoms with van der Waals surface area (Å²) in [7, 11) is 0. The fourth-order valence-electron chi connectivity index (χ4n) is 1.55. The summed E-state index contributed by atoms with van der Waals surface area (Å²) >= 11 is 5.66. The predicted octanol–water partition coefficient (Wildman–Crippen LogP) is 3.17. The van der Waals surface area contributed by atoms with Gasteiger partial charge >= 0.3 is 0 Å². The Bertz CT molecular complexity index is 560. The van der Waals surface area contributed by atoms with E-state index in [1.807, 2.05) is 0 Å². The van der Waals surface area contributed by atoms with E-state index in [0.717, 1.165) is 6.07 Å². The molecule has 0 radical (unpaired) electrons. The molecule has 0 aliphatic rings. The lowest BCUT2D eigenvalue weighted by atomic mass is 10.0. The lowest BCUT2D eigenvalue weighted by Crippen LogP contribution is -1.95. The molecule has 5 heteroatoms. The van der Waals surface area contributed by atoms with E-state index in [1.165, 1.54) is 24.4 Å². The van der Waals surface area contributed by atoms with E-state index in [0.29, 0.717) is 11.1 Å². The van der Waals surface area contributed by atoms with E-state index in [2.05, 4.69) is 4.98 Å². The smallest absolute Gasteiger partial charge is 0.166 e. The maximum atomic E-state index is 13.6. The van der Waals surface area contributed by atoms with Crippen molar-refractivity contribution in [3.8, 4) is 11.1 Å². The third kappa shape index (κ3) is 2.28. The number of hydrogen-bond donors (Lipinski definition) is 1. The Labute approximate surface area is 102 Å². The van der Waals surface area contributed by atoms with Gasteiger partial charge in [-0.25, -0.2) is 13.8 Å². The summed E-state index contributed by atoms with van der Waals surface area (Å²) in [6.07, 6.45) is 1.31. The Morgan fingerprint density at radius 1 is 1.24 bits per heavy atom. The Morgan fingerprint density at radius 2 is 2.00 bits per heavy atom. The second-order valence-electron chi connectivity index (χ2n) is 3.42. The molecule has 0 unspecified atom stereocenters. The van der Waals surface area contributed by atoms with E-state index in [4.69, 9.17) is 16.7 Å². The molecule has 0 aliphatic carbocycles. The first-order chi connectivity index (χ1) is 8.13. The maximum Gasteiger partial charge on any atom is 0.166 e. The van der Waals surface area contributed by atoms with Crippen molar-refractivity contribution in [1.82, 2.24) is 4.98 Å². The minimum Gasteiger partial charge on any atom is -0.392 e. The molecule has 0 aliphatic heterocycles. The van der Waals surface area contributed by atoms with Crippen LogP contribution >= 0.6 is 11.6 Å². The number of pyridine rings is 1. The van der Waals surface area contributed by atoms with Gasteiger partial charge in [-0.15, -0.1) is 0 Å². The van der Waals surface area contributed by atoms with Crippen molar-refractivity contribution in [3.05, 3.63) is 52.8 Å². The summed E-state index contributed by atoms with van der Waals surface area (Å²) < 4.78 is 26.7. The number of nitrogens with zero attached hydrogens (tertiary/aromatic N) is 1. The third-order valence-electron chi connectivity index (χ3n) is 2.37. The van der Waals surface area contributed by atoms with E-state index in [1.54, 1.807) is 0 Å². The highest BCUT2D eigenvalue weighted by atomic mass is 35.5. The number of hydrogen-bond acceptors (Lipinski definition) is 2. The summed E-state index contributed by atoms with van der Waals surface area (Å²) in [6.45, 7) is -0.326. The van der Waals surface area contributed by atoms with Crippen LogP contribution in [0.25, 0.3) is 11.1 Å². The van der Waals surface area contributed by atoms with Crippen LogP contribution in [0.4, 0.5) is 8.78 Å². The quantitative estimate of drug-likeness (QED) is 0.836. The SMILES string of the molecule is OCc1cc(Cl)ncc1-c1cccc(F)c1F. The van der Waals surface area contributed by atoms with Gasteiger partial charge in [0.25, 0.3) is 0 Å². The van der Waals surface area contributed by atoms with Crippen LogP contribution in [-0.2, 0) is 6.61 Å². The van der Waals surface area contributed by atoms with E-state index in [9.17, 15) is 8.78 Å². The van der Waals surface area contributed by atoms with Crippen molar-refractivity contribution in [2.24, 2.45) is 0 Å². The molecule has 2 rings (SSSR count). The first-order valence-electron chi connectivity index (χ1n) is 4.83. The molecule has 2 aromatic rings. The van der Waals surface area contributed by atoms with Crippen LogP contribution in [-0.4, -0.2) is 10.1 Å². The Balaban J connectivity index is 2.64. The van der Waals surface area contributed by atoms with Crippen LogP contribution in [0.2, 0.25) is 5.15 Å². The molecule has 0 fully saturated rings. The second-order valence-corrected chi connectivity index (χ2v) is 3.81. The van der Waals surface area contributed by atoms with Crippen LogP contribution in [0.15, 0.2) is 30.5 Å². The molecule has 0 atom stereocenters. The largest absolute Gasteiger partial charge is 0.392 e. The number of aromatic nitrogens is 1. The Morgan fingerprint density at radius 3 is 2.71 bits per heavy atom. The minimum atomic E-state index is -0.966. The number of rotatable bonds is 2. The average Bonchev–Trinajstić information content (AvgIpc) is 2.33. The van der Waals surface area contributed by atoms with Crippen LogP contribution in [0, 0.1) is 11.6 Å². The van der Waals surface area contributed by atoms with Gasteiger partial charge in [0.1, 0.15) is 5.15 Å². The van der Waals surface area contributed by atoms with Crippen LogP contribution < -0.4 is 0 Å². The lowest BCUT2D eigenvalue weighted by molar-refractivity contribution is 0.282. The number of aliphatic hydroxyl groups is 1. The third-order valence-corrected chi connectivity index (χ3v) is 2.58. The molecular weight excluding hydrogens is 248 g/mol. The Kier molecular flexibility index (Phi) is 3.36. The van der Waals surface area contributed by atoms with Gasteiger partial charge < -0.3 is 5.11 Å². The van der Waals surface area contributed by atoms with Crippen molar-refractivity contribution in [3.63, 3.8) is 0 Å². The molecule has 1 heterocycles. The summed E-state index contributed by atoms with van der Waals surface area (Å²) in [5.41, 5.74) is 0.779. The monoisotopic (exact) mass is 255 g/mol. The summed E-state index contributed by atoms with van der Waals surface area (Å²) in [4.78, 5) is 3.80. The van der Waals surface area contributed by atoms with E-state index in [-0.39, 0.29) is 17.3 Å². The standard InChI is InChI=1S/C12H8ClF2NO/c13-11-4-7(6-17)9(5-16-11)8-2-1-3-10(14)12(8)15/h1-5,17H,6H2. The zero-order chi connectivity index (χ0) is 12.4. The van der Waals surface area contributed by atoms with Crippen molar-refractivity contribution >= 4 is 11.6 Å². The first-order valence-corrected chi connectivity index (χ1v) is 5.21. The highest BCUT2D eigenvalue weighted by Crippen LogP contribution is 2.28. The molecule has 0 bridgehead atoms. The summed E-state index contributed by atoms with van der Waals surface area (Å²) in [5.74, 6) is -1.91. The lowest BCUT2D eigenvalue weighted by Gasteiger charge is -2.08. The topological polar surface area (TPSA) is 33.1 Å². The van der Waals surface area contributed by atoms with E-state index >= 15 is 0 Å². The van der Waals surface area contributed by atoms with Crippen molar-refractivity contribution in [2.75, 3.05) is 0 Å². The van der Waals surface area contributed by atoms with Crippen molar-refractivity contribution in [1.29, 1.82) is 0 Å². The van der Waals surface area contributed by atoms with E-state index < -0.39 is 11.6 Å². The molecule has 0 amide bonds. The molecule has 2 nitrogen and oxygen atoms in total. The van der Waals surface area contributed by atoms with Gasteiger partial charge in [0.15, 0.2) is 11.6 Å². The minimum absolute atomic E-state index is 0.0539. The molecule has 88 valence electrons. The number of benzene rings is 1. The molecule has 0 spiro atoms. The van der Waals surface area contributed by atoms with Gasteiger partial charge in [0.2, 0.25) is 0 Å². The normalized spacial score (nSPS) is 10.6. The molecule has 1 N–H and O–H groups in total. The molecular formula is C12H8ClF2NO. The predicted molar refractivity (Wildman–Crippen MR) is 60.5 cm³/mol. The number of halogens is 3. The van der Waals surface area contributed by atoms with Crippen LogP contribution in [0.3, 0.4) is 0 Å². The second kappa shape index (κ2) is 4.77. The highest BCUT2D eigenvalue weighted by molar-refractivity contribution is 6.29. The van der Waals surface area contributed by atoms with Crippen LogP contribution in [0.5, 0.6) is 0 Å². The molecule has 1 aromatic carbocycles. The highest BCUT2D eigenvalue weighted by Gasteiger charge is 2.13. The summed E-state index contributed by atoms with van der Waals surface area (Å²) in [5, 5.41) is 9.35. The Hall–Kier alpha value is -1.52. The van der Waals surface area contributed by atoms with Gasteiger partial charge in [0, 0.05) is 17.3 Å². The van der Waals surface area contributed by atoms with Crippen molar-refractivity contribution < 1.29 is 13.9 Å².